The van der Waals surface area contributed by atoms with Gasteiger partial charge in [-0.05, 0) is 24.6 Å². The summed E-state index contributed by atoms with van der Waals surface area (Å²) in [5.41, 5.74) is 0.132. The third kappa shape index (κ3) is 3.31. The lowest BCUT2D eigenvalue weighted by Crippen LogP contribution is -2.25. The van der Waals surface area contributed by atoms with E-state index in [0.717, 1.165) is 6.07 Å². The van der Waals surface area contributed by atoms with Crippen LogP contribution in [0.15, 0.2) is 53.4 Å². The van der Waals surface area contributed by atoms with Crippen LogP contribution < -0.4 is 9.62 Å². The smallest absolute Gasteiger partial charge is 0.289 e. The first-order valence-corrected chi connectivity index (χ1v) is 9.04. The molecule has 1 aliphatic heterocycles. The molecule has 1 aliphatic rings. The maximum absolute atomic E-state index is 12.7. The topological polar surface area (TPSA) is 110 Å². The van der Waals surface area contributed by atoms with Crippen LogP contribution >= 0.6 is 0 Å². The minimum Gasteiger partial charge on any atom is -0.310 e. The number of carbonyl (C=O) groups is 1. The summed E-state index contributed by atoms with van der Waals surface area (Å²) in [5.74, 6) is -0.0858. The Hall–Kier alpha value is -2.94. The number of nitrogens with one attached hydrogen (secondary N) is 1. The maximum atomic E-state index is 12.7. The summed E-state index contributed by atoms with van der Waals surface area (Å²) in [6.45, 7) is 0.503. The molecule has 3 rings (SSSR count). The van der Waals surface area contributed by atoms with Gasteiger partial charge in [-0.2, -0.15) is 0 Å². The standard InChI is InChI=1S/C16H15N3O5S/c20-16-10-5-11-18(16)13-7-2-1-6-12(13)17-25(23,24)15-9-4-3-8-14(15)19(21)22/h1-4,6-9,17H,5,10-11H2. The zero-order chi connectivity index (χ0) is 18.0. The largest absolute Gasteiger partial charge is 0.310 e. The van der Waals surface area contributed by atoms with Crippen LogP contribution in [0.2, 0.25) is 0 Å². The number of nitro groups is 1. The molecule has 9 heteroatoms. The molecule has 25 heavy (non-hydrogen) atoms. The monoisotopic (exact) mass is 361 g/mol. The second-order valence-corrected chi connectivity index (χ2v) is 7.15. The average Bonchev–Trinajstić information content (AvgIpc) is 3.01. The van der Waals surface area contributed by atoms with Gasteiger partial charge in [-0.3, -0.25) is 19.6 Å². The molecule has 2 aromatic rings. The summed E-state index contributed by atoms with van der Waals surface area (Å²) in [7, 11) is -4.19. The van der Waals surface area contributed by atoms with Crippen LogP contribution in [0.5, 0.6) is 0 Å². The van der Waals surface area contributed by atoms with Gasteiger partial charge in [-0.25, -0.2) is 8.42 Å². The van der Waals surface area contributed by atoms with E-state index in [2.05, 4.69) is 4.72 Å². The second-order valence-electron chi connectivity index (χ2n) is 5.50. The fraction of sp³-hybridized carbons (Fsp3) is 0.188. The number of para-hydroxylation sites is 3. The number of sulfonamides is 1. The van der Waals surface area contributed by atoms with Gasteiger partial charge < -0.3 is 4.90 Å². The number of carbonyl (C=O) groups excluding carboxylic acids is 1. The molecule has 8 nitrogen and oxygen atoms in total. The zero-order valence-corrected chi connectivity index (χ0v) is 13.9. The molecular formula is C16H15N3O5S. The van der Waals surface area contributed by atoms with Crippen molar-refractivity contribution in [3.05, 3.63) is 58.6 Å². The molecule has 1 amide bonds. The van der Waals surface area contributed by atoms with Crippen LogP contribution in [0.4, 0.5) is 17.1 Å². The van der Waals surface area contributed by atoms with Crippen LogP contribution in [0.3, 0.4) is 0 Å². The lowest BCUT2D eigenvalue weighted by Gasteiger charge is -2.20. The first kappa shape index (κ1) is 16.9. The molecule has 2 aromatic carbocycles. The van der Waals surface area contributed by atoms with E-state index in [0.29, 0.717) is 25.1 Å². The van der Waals surface area contributed by atoms with E-state index in [-0.39, 0.29) is 11.6 Å². The second kappa shape index (κ2) is 6.52. The van der Waals surface area contributed by atoms with Crippen LogP contribution in [0.25, 0.3) is 0 Å². The fourth-order valence-corrected chi connectivity index (χ4v) is 3.98. The SMILES string of the molecule is O=C1CCCN1c1ccccc1NS(=O)(=O)c1ccccc1[N+](=O)[O-]. The highest BCUT2D eigenvalue weighted by Crippen LogP contribution is 2.32. The summed E-state index contributed by atoms with van der Waals surface area (Å²) in [4.78, 5) is 23.4. The van der Waals surface area contributed by atoms with Crippen molar-refractivity contribution >= 4 is 33.0 Å². The molecule has 0 radical (unpaired) electrons. The highest BCUT2D eigenvalue weighted by Gasteiger charge is 2.28. The molecule has 0 spiro atoms. The van der Waals surface area contributed by atoms with Gasteiger partial charge in [0.1, 0.15) is 0 Å². The van der Waals surface area contributed by atoms with Gasteiger partial charge in [-0.1, -0.05) is 24.3 Å². The number of benzene rings is 2. The number of anilines is 2. The summed E-state index contributed by atoms with van der Waals surface area (Å²) in [6.07, 6.45) is 1.11. The normalized spacial score (nSPS) is 14.6. The predicted molar refractivity (Wildman–Crippen MR) is 91.9 cm³/mol. The van der Waals surface area contributed by atoms with E-state index in [1.165, 1.54) is 29.2 Å². The van der Waals surface area contributed by atoms with Gasteiger partial charge in [-0.15, -0.1) is 0 Å². The fourth-order valence-electron chi connectivity index (χ4n) is 2.73. The molecule has 1 fully saturated rings. The molecule has 1 heterocycles. The van der Waals surface area contributed by atoms with E-state index in [9.17, 15) is 23.3 Å². The van der Waals surface area contributed by atoms with Crippen molar-refractivity contribution in [1.82, 2.24) is 0 Å². The zero-order valence-electron chi connectivity index (χ0n) is 13.1. The highest BCUT2D eigenvalue weighted by atomic mass is 32.2. The van der Waals surface area contributed by atoms with Crippen molar-refractivity contribution in [2.75, 3.05) is 16.2 Å². The van der Waals surface area contributed by atoms with Crippen molar-refractivity contribution < 1.29 is 18.1 Å². The maximum Gasteiger partial charge on any atom is 0.289 e. The van der Waals surface area contributed by atoms with Gasteiger partial charge >= 0.3 is 0 Å². The lowest BCUT2D eigenvalue weighted by atomic mass is 10.2. The summed E-state index contributed by atoms with van der Waals surface area (Å²) in [6, 6.07) is 11.6. The third-order valence-electron chi connectivity index (χ3n) is 3.86. The van der Waals surface area contributed by atoms with Gasteiger partial charge in [0.25, 0.3) is 15.7 Å². The minimum atomic E-state index is -4.19. The Bertz CT molecular complexity index is 942. The Balaban J connectivity index is 2.01. The first-order chi connectivity index (χ1) is 11.9. The Morgan fingerprint density at radius 1 is 1.08 bits per heavy atom. The Labute approximate surface area is 144 Å². The number of rotatable bonds is 5. The molecule has 0 unspecified atom stereocenters. The van der Waals surface area contributed by atoms with Gasteiger partial charge in [0.2, 0.25) is 5.91 Å². The van der Waals surface area contributed by atoms with Gasteiger partial charge in [0.15, 0.2) is 4.90 Å². The van der Waals surface area contributed by atoms with Crippen LogP contribution in [0.1, 0.15) is 12.8 Å². The molecule has 0 aromatic heterocycles. The molecular weight excluding hydrogens is 346 g/mol. The third-order valence-corrected chi connectivity index (χ3v) is 5.28. The Morgan fingerprint density at radius 3 is 2.44 bits per heavy atom. The quantitative estimate of drug-likeness (QED) is 0.650. The van der Waals surface area contributed by atoms with Crippen molar-refractivity contribution in [3.8, 4) is 0 Å². The van der Waals surface area contributed by atoms with Crippen LogP contribution in [-0.4, -0.2) is 25.8 Å². The van der Waals surface area contributed by atoms with Crippen molar-refractivity contribution in [2.24, 2.45) is 0 Å². The van der Waals surface area contributed by atoms with Crippen molar-refractivity contribution in [3.63, 3.8) is 0 Å². The highest BCUT2D eigenvalue weighted by molar-refractivity contribution is 7.92. The molecule has 0 atom stereocenters. The minimum absolute atomic E-state index is 0.0858. The molecule has 1 saturated heterocycles. The van der Waals surface area contributed by atoms with Crippen LogP contribution in [0, 0.1) is 10.1 Å². The number of nitro benzene ring substituents is 1. The Kier molecular flexibility index (Phi) is 4.41. The molecule has 1 N–H and O–H groups in total. The lowest BCUT2D eigenvalue weighted by molar-refractivity contribution is -0.387. The van der Waals surface area contributed by atoms with E-state index in [1.807, 2.05) is 0 Å². The molecule has 0 bridgehead atoms. The number of amides is 1. The summed E-state index contributed by atoms with van der Waals surface area (Å²) < 4.78 is 27.7. The molecule has 0 saturated carbocycles. The van der Waals surface area contributed by atoms with E-state index in [1.54, 1.807) is 18.2 Å². The predicted octanol–water partition coefficient (Wildman–Crippen LogP) is 2.52. The summed E-state index contributed by atoms with van der Waals surface area (Å²) in [5, 5.41) is 11.1. The van der Waals surface area contributed by atoms with E-state index >= 15 is 0 Å². The van der Waals surface area contributed by atoms with Crippen molar-refractivity contribution in [1.29, 1.82) is 0 Å². The van der Waals surface area contributed by atoms with E-state index < -0.39 is 25.5 Å². The number of hydrogen-bond acceptors (Lipinski definition) is 5. The van der Waals surface area contributed by atoms with Crippen LogP contribution in [-0.2, 0) is 14.8 Å². The summed E-state index contributed by atoms with van der Waals surface area (Å²) >= 11 is 0. The van der Waals surface area contributed by atoms with Gasteiger partial charge in [0, 0.05) is 19.0 Å². The molecule has 0 aliphatic carbocycles. The Morgan fingerprint density at radius 2 is 1.76 bits per heavy atom. The first-order valence-electron chi connectivity index (χ1n) is 7.56. The van der Waals surface area contributed by atoms with E-state index in [4.69, 9.17) is 0 Å². The number of hydrogen-bond donors (Lipinski definition) is 1. The average molecular weight is 361 g/mol. The number of nitrogens with zero attached hydrogens (tertiary/aromatic N) is 2. The van der Waals surface area contributed by atoms with Gasteiger partial charge in [0.05, 0.1) is 16.3 Å². The molecule has 130 valence electrons. The van der Waals surface area contributed by atoms with Crippen molar-refractivity contribution in [2.45, 2.75) is 17.7 Å².